The van der Waals surface area contributed by atoms with E-state index in [-0.39, 0.29) is 30.1 Å². The van der Waals surface area contributed by atoms with E-state index in [0.717, 1.165) is 21.7 Å². The molecule has 2 aromatic heterocycles. The van der Waals surface area contributed by atoms with Gasteiger partial charge in [0.15, 0.2) is 5.82 Å². The molecule has 1 aromatic carbocycles. The van der Waals surface area contributed by atoms with Crippen molar-refractivity contribution in [2.24, 2.45) is 13.0 Å². The maximum Gasteiger partial charge on any atom is 0.231 e. The van der Waals surface area contributed by atoms with Crippen LogP contribution >= 0.6 is 11.3 Å². The number of thiophene rings is 1. The fraction of sp³-hybridized carbons (Fsp3) is 0.304. The van der Waals surface area contributed by atoms with Crippen molar-refractivity contribution in [2.45, 2.75) is 25.7 Å². The second kappa shape index (κ2) is 7.90. The molecule has 3 aromatic rings. The predicted molar refractivity (Wildman–Crippen MR) is 123 cm³/mol. The number of rotatable bonds is 4. The summed E-state index contributed by atoms with van der Waals surface area (Å²) in [5, 5.41) is 12.3. The second-order valence-electron chi connectivity index (χ2n) is 8.28. The van der Waals surface area contributed by atoms with Gasteiger partial charge in [0.05, 0.1) is 5.92 Å². The van der Waals surface area contributed by atoms with E-state index in [1.165, 1.54) is 0 Å². The zero-order valence-electron chi connectivity index (χ0n) is 17.8. The summed E-state index contributed by atoms with van der Waals surface area (Å²) in [4.78, 5) is 40.7. The van der Waals surface area contributed by atoms with Gasteiger partial charge in [-0.15, -0.1) is 11.3 Å². The maximum absolute atomic E-state index is 13.1. The number of aryl methyl sites for hydroxylation is 2. The zero-order valence-corrected chi connectivity index (χ0v) is 18.6. The molecular weight excluding hydrogens is 426 g/mol. The number of hydrogen-bond acceptors (Lipinski definition) is 5. The number of carbonyl (C=O) groups is 3. The van der Waals surface area contributed by atoms with Gasteiger partial charge in [-0.25, -0.2) is 0 Å². The SMILES string of the molecule is Cc1ccc(N2C[C@@H](C(=O)Nc3nn(C)c4c3[C@H](c3cccs3)CC(=O)N4)CC2=O)cc1. The molecule has 2 atom stereocenters. The molecule has 0 aliphatic carbocycles. The number of carbonyl (C=O) groups excluding carboxylic acids is 3. The van der Waals surface area contributed by atoms with Crippen molar-refractivity contribution >= 4 is 46.4 Å². The smallest absolute Gasteiger partial charge is 0.231 e. The van der Waals surface area contributed by atoms with Gasteiger partial charge in [0.25, 0.3) is 0 Å². The number of hydrogen-bond donors (Lipinski definition) is 2. The third-order valence-corrected chi connectivity index (χ3v) is 7.04. The summed E-state index contributed by atoms with van der Waals surface area (Å²) >= 11 is 1.58. The number of benzene rings is 1. The van der Waals surface area contributed by atoms with E-state index in [2.05, 4.69) is 15.7 Å². The van der Waals surface area contributed by atoms with Gasteiger partial charge in [-0.3, -0.25) is 19.1 Å². The fourth-order valence-corrected chi connectivity index (χ4v) is 5.23. The maximum atomic E-state index is 13.1. The molecule has 0 radical (unpaired) electrons. The molecule has 8 nitrogen and oxygen atoms in total. The van der Waals surface area contributed by atoms with E-state index in [4.69, 9.17) is 0 Å². The van der Waals surface area contributed by atoms with Gasteiger partial charge in [0, 0.05) is 48.5 Å². The molecule has 0 unspecified atom stereocenters. The molecule has 1 saturated heterocycles. The number of aromatic nitrogens is 2. The highest BCUT2D eigenvalue weighted by Crippen LogP contribution is 2.43. The van der Waals surface area contributed by atoms with Gasteiger partial charge in [-0.1, -0.05) is 23.8 Å². The normalized spacial score (nSPS) is 20.2. The van der Waals surface area contributed by atoms with Gasteiger partial charge in [0.2, 0.25) is 17.7 Å². The van der Waals surface area contributed by atoms with Crippen molar-refractivity contribution in [3.05, 3.63) is 57.8 Å². The van der Waals surface area contributed by atoms with Crippen molar-refractivity contribution in [3.63, 3.8) is 0 Å². The Balaban J connectivity index is 1.39. The Morgan fingerprint density at radius 3 is 2.69 bits per heavy atom. The van der Waals surface area contributed by atoms with Crippen molar-refractivity contribution in [2.75, 3.05) is 22.1 Å². The molecule has 5 rings (SSSR count). The lowest BCUT2D eigenvalue weighted by atomic mass is 9.91. The van der Waals surface area contributed by atoms with Crippen LogP contribution in [0.2, 0.25) is 0 Å². The zero-order chi connectivity index (χ0) is 22.4. The van der Waals surface area contributed by atoms with Crippen molar-refractivity contribution < 1.29 is 14.4 Å². The number of anilines is 3. The molecule has 3 amide bonds. The standard InChI is InChI=1S/C23H23N5O3S/c1-13-5-7-15(8-6-13)28-12-14(10-19(28)30)23(31)25-21-20-16(17-4-3-9-32-17)11-18(29)24-22(20)27(2)26-21/h3-9,14,16H,10-12H2,1-2H3,(H,24,29)(H,25,26,31)/t14-,16-/m0/s1. The Bertz CT molecular complexity index is 1200. The van der Waals surface area contributed by atoms with E-state index in [9.17, 15) is 14.4 Å². The Morgan fingerprint density at radius 1 is 1.19 bits per heavy atom. The molecule has 2 aliphatic rings. The third kappa shape index (κ3) is 3.58. The molecular formula is C23H23N5O3S. The Hall–Kier alpha value is -3.46. The first-order valence-corrected chi connectivity index (χ1v) is 11.4. The van der Waals surface area contributed by atoms with Crippen LogP contribution in [0.15, 0.2) is 41.8 Å². The summed E-state index contributed by atoms with van der Waals surface area (Å²) in [6.07, 6.45) is 0.449. The molecule has 32 heavy (non-hydrogen) atoms. The first-order chi connectivity index (χ1) is 15.4. The lowest BCUT2D eigenvalue weighted by molar-refractivity contribution is -0.122. The van der Waals surface area contributed by atoms with Gasteiger partial charge < -0.3 is 15.5 Å². The van der Waals surface area contributed by atoms with Gasteiger partial charge in [0.1, 0.15) is 5.82 Å². The van der Waals surface area contributed by atoms with Gasteiger partial charge in [-0.05, 0) is 30.5 Å². The lowest BCUT2D eigenvalue weighted by Gasteiger charge is -2.23. The first kappa shape index (κ1) is 20.4. The molecule has 4 heterocycles. The molecule has 0 bridgehead atoms. The number of nitrogens with one attached hydrogen (secondary N) is 2. The van der Waals surface area contributed by atoms with E-state index in [0.29, 0.717) is 24.6 Å². The van der Waals surface area contributed by atoms with Crippen LogP contribution in [-0.2, 0) is 21.4 Å². The summed E-state index contributed by atoms with van der Waals surface area (Å²) in [5.74, 6) is 0.00564. The van der Waals surface area contributed by atoms with Crippen molar-refractivity contribution in [1.82, 2.24) is 9.78 Å². The van der Waals surface area contributed by atoms with Crippen LogP contribution in [-0.4, -0.2) is 34.0 Å². The van der Waals surface area contributed by atoms with Crippen LogP contribution in [0.3, 0.4) is 0 Å². The minimum Gasteiger partial charge on any atom is -0.312 e. The van der Waals surface area contributed by atoms with Crippen LogP contribution in [0, 0.1) is 12.8 Å². The highest BCUT2D eigenvalue weighted by atomic mass is 32.1. The summed E-state index contributed by atoms with van der Waals surface area (Å²) in [6, 6.07) is 11.6. The van der Waals surface area contributed by atoms with Crippen LogP contribution in [0.4, 0.5) is 17.3 Å². The Labute approximate surface area is 189 Å². The average molecular weight is 450 g/mol. The van der Waals surface area contributed by atoms with Crippen molar-refractivity contribution in [3.8, 4) is 0 Å². The molecule has 0 spiro atoms. The first-order valence-electron chi connectivity index (χ1n) is 10.5. The van der Waals surface area contributed by atoms with Crippen LogP contribution in [0.5, 0.6) is 0 Å². The molecule has 2 N–H and O–H groups in total. The van der Waals surface area contributed by atoms with Crippen LogP contribution in [0.25, 0.3) is 0 Å². The quantitative estimate of drug-likeness (QED) is 0.639. The monoisotopic (exact) mass is 449 g/mol. The number of fused-ring (bicyclic) bond motifs is 1. The summed E-state index contributed by atoms with van der Waals surface area (Å²) < 4.78 is 1.58. The van der Waals surface area contributed by atoms with Crippen LogP contribution < -0.4 is 15.5 Å². The molecule has 164 valence electrons. The van der Waals surface area contributed by atoms with E-state index >= 15 is 0 Å². The van der Waals surface area contributed by atoms with E-state index < -0.39 is 5.92 Å². The average Bonchev–Trinajstić information content (AvgIpc) is 3.49. The minimum absolute atomic E-state index is 0.0687. The topological polar surface area (TPSA) is 96.3 Å². The minimum atomic E-state index is -0.472. The van der Waals surface area contributed by atoms with Gasteiger partial charge >= 0.3 is 0 Å². The summed E-state index contributed by atoms with van der Waals surface area (Å²) in [6.45, 7) is 2.32. The Morgan fingerprint density at radius 2 is 1.97 bits per heavy atom. The lowest BCUT2D eigenvalue weighted by Crippen LogP contribution is -2.29. The second-order valence-corrected chi connectivity index (χ2v) is 9.26. The molecule has 0 saturated carbocycles. The molecule has 1 fully saturated rings. The Kier molecular flexibility index (Phi) is 5.05. The molecule has 2 aliphatic heterocycles. The highest BCUT2D eigenvalue weighted by molar-refractivity contribution is 7.10. The predicted octanol–water partition coefficient (Wildman–Crippen LogP) is 3.26. The van der Waals surface area contributed by atoms with Crippen LogP contribution in [0.1, 0.15) is 34.8 Å². The van der Waals surface area contributed by atoms with E-state index in [1.807, 2.05) is 48.7 Å². The van der Waals surface area contributed by atoms with E-state index in [1.54, 1.807) is 28.0 Å². The van der Waals surface area contributed by atoms with Gasteiger partial charge in [-0.2, -0.15) is 5.10 Å². The summed E-state index contributed by atoms with van der Waals surface area (Å²) in [7, 11) is 1.74. The molecule has 9 heteroatoms. The number of nitrogens with zero attached hydrogens (tertiary/aromatic N) is 3. The third-order valence-electron chi connectivity index (χ3n) is 6.05. The largest absolute Gasteiger partial charge is 0.312 e. The summed E-state index contributed by atoms with van der Waals surface area (Å²) in [5.41, 5.74) is 2.72. The highest BCUT2D eigenvalue weighted by Gasteiger charge is 2.38. The van der Waals surface area contributed by atoms with Crippen molar-refractivity contribution in [1.29, 1.82) is 0 Å². The number of amides is 3. The fourth-order valence-electron chi connectivity index (χ4n) is 4.39.